The highest BCUT2D eigenvalue weighted by Gasteiger charge is 2.13. The van der Waals surface area contributed by atoms with Crippen molar-refractivity contribution in [3.8, 4) is 5.75 Å². The third-order valence-electron chi connectivity index (χ3n) is 2.55. The molecule has 1 amide bonds. The molecule has 0 bridgehead atoms. The molecule has 2 rings (SSSR count). The van der Waals surface area contributed by atoms with Crippen molar-refractivity contribution in [2.45, 2.75) is 19.9 Å². The zero-order valence-corrected chi connectivity index (χ0v) is 10.3. The van der Waals surface area contributed by atoms with Crippen molar-refractivity contribution in [3.05, 3.63) is 47.4 Å². The van der Waals surface area contributed by atoms with Crippen LogP contribution in [0, 0.1) is 5.82 Å². The molecule has 0 unspecified atom stereocenters. The Labute approximate surface area is 109 Å². The molecule has 1 aromatic heterocycles. The van der Waals surface area contributed by atoms with Gasteiger partial charge in [0.15, 0.2) is 0 Å². The fourth-order valence-corrected chi connectivity index (χ4v) is 1.53. The fraction of sp³-hybridized carbons (Fsp3) is 0.231. The number of benzene rings is 1. The average molecular weight is 264 g/mol. The summed E-state index contributed by atoms with van der Waals surface area (Å²) in [7, 11) is 0. The van der Waals surface area contributed by atoms with E-state index in [2.05, 4.69) is 10.3 Å². The van der Waals surface area contributed by atoms with Gasteiger partial charge < -0.3 is 14.8 Å². The van der Waals surface area contributed by atoms with Crippen LogP contribution >= 0.6 is 0 Å². The van der Waals surface area contributed by atoms with Crippen LogP contribution in [0.1, 0.15) is 28.9 Å². The Kier molecular flexibility index (Phi) is 3.79. The summed E-state index contributed by atoms with van der Waals surface area (Å²) in [5.74, 6) is -0.508. The second-order valence-electron chi connectivity index (χ2n) is 3.92. The van der Waals surface area contributed by atoms with Gasteiger partial charge in [0, 0.05) is 12.5 Å². The maximum absolute atomic E-state index is 13.4. The number of amides is 1. The third-order valence-corrected chi connectivity index (χ3v) is 2.55. The molecule has 0 spiro atoms. The van der Waals surface area contributed by atoms with E-state index in [1.54, 1.807) is 6.20 Å². The van der Waals surface area contributed by atoms with Crippen molar-refractivity contribution < 1.29 is 18.7 Å². The molecular weight excluding hydrogens is 251 g/mol. The normalized spacial score (nSPS) is 10.4. The van der Waals surface area contributed by atoms with Crippen LogP contribution in [0.3, 0.4) is 0 Å². The highest BCUT2D eigenvalue weighted by Crippen LogP contribution is 2.15. The quantitative estimate of drug-likeness (QED) is 0.885. The first kappa shape index (κ1) is 13.1. The molecule has 1 aromatic carbocycles. The number of aromatic hydroxyl groups is 1. The summed E-state index contributed by atoms with van der Waals surface area (Å²) in [5, 5.41) is 11.6. The first-order valence-corrected chi connectivity index (χ1v) is 5.80. The first-order valence-electron chi connectivity index (χ1n) is 5.80. The topological polar surface area (TPSA) is 75.4 Å². The molecule has 0 fully saturated rings. The Hall–Kier alpha value is -2.37. The summed E-state index contributed by atoms with van der Waals surface area (Å²) in [6.07, 6.45) is 2.30. The molecule has 0 aliphatic rings. The van der Waals surface area contributed by atoms with Crippen LogP contribution in [0.2, 0.25) is 0 Å². The Morgan fingerprint density at radius 1 is 1.53 bits per heavy atom. The minimum Gasteiger partial charge on any atom is -0.508 e. The van der Waals surface area contributed by atoms with Crippen molar-refractivity contribution >= 4 is 5.91 Å². The molecule has 19 heavy (non-hydrogen) atoms. The van der Waals surface area contributed by atoms with Crippen LogP contribution in [-0.2, 0) is 13.0 Å². The number of rotatable bonds is 4. The van der Waals surface area contributed by atoms with Crippen molar-refractivity contribution in [2.75, 3.05) is 0 Å². The molecule has 0 saturated carbocycles. The van der Waals surface area contributed by atoms with E-state index in [1.165, 1.54) is 12.1 Å². The summed E-state index contributed by atoms with van der Waals surface area (Å²) in [6.45, 7) is 2.01. The van der Waals surface area contributed by atoms with Gasteiger partial charge in [-0.1, -0.05) is 6.92 Å². The van der Waals surface area contributed by atoms with E-state index in [4.69, 9.17) is 9.52 Å². The highest BCUT2D eigenvalue weighted by molar-refractivity contribution is 5.94. The zero-order valence-electron chi connectivity index (χ0n) is 10.3. The van der Waals surface area contributed by atoms with Crippen molar-refractivity contribution in [2.24, 2.45) is 0 Å². The minimum atomic E-state index is -0.779. The number of oxazole rings is 1. The average Bonchev–Trinajstić information content (AvgIpc) is 2.84. The lowest BCUT2D eigenvalue weighted by Crippen LogP contribution is -2.23. The Balaban J connectivity index is 2.01. The Morgan fingerprint density at radius 2 is 2.32 bits per heavy atom. The van der Waals surface area contributed by atoms with Gasteiger partial charge in [0.05, 0.1) is 18.3 Å². The van der Waals surface area contributed by atoms with Crippen LogP contribution in [0.15, 0.2) is 28.8 Å². The van der Waals surface area contributed by atoms with E-state index < -0.39 is 11.7 Å². The second-order valence-corrected chi connectivity index (χ2v) is 3.92. The summed E-state index contributed by atoms with van der Waals surface area (Å²) in [5.41, 5.74) is -0.139. The van der Waals surface area contributed by atoms with Gasteiger partial charge in [-0.05, 0) is 12.1 Å². The molecule has 2 N–H and O–H groups in total. The van der Waals surface area contributed by atoms with E-state index in [9.17, 15) is 9.18 Å². The van der Waals surface area contributed by atoms with Crippen LogP contribution in [0.5, 0.6) is 5.75 Å². The minimum absolute atomic E-state index is 0.0825. The maximum Gasteiger partial charge on any atom is 0.254 e. The van der Waals surface area contributed by atoms with Crippen LogP contribution < -0.4 is 5.32 Å². The van der Waals surface area contributed by atoms with Gasteiger partial charge in [0.2, 0.25) is 5.89 Å². The van der Waals surface area contributed by atoms with Crippen LogP contribution in [0.4, 0.5) is 4.39 Å². The van der Waals surface area contributed by atoms with Gasteiger partial charge in [-0.3, -0.25) is 4.79 Å². The summed E-state index contributed by atoms with van der Waals surface area (Å²) < 4.78 is 18.7. The molecular formula is C13H13FN2O3. The molecule has 2 aromatic rings. The van der Waals surface area contributed by atoms with Gasteiger partial charge in [-0.15, -0.1) is 0 Å². The molecule has 0 radical (unpaired) electrons. The molecule has 0 saturated heterocycles. The predicted molar refractivity (Wildman–Crippen MR) is 65.1 cm³/mol. The molecule has 0 aliphatic carbocycles. The number of carbonyl (C=O) groups is 1. The van der Waals surface area contributed by atoms with E-state index in [1.807, 2.05) is 6.92 Å². The number of nitrogens with one attached hydrogen (secondary N) is 1. The fourth-order valence-electron chi connectivity index (χ4n) is 1.53. The Bertz CT molecular complexity index is 595. The molecule has 6 heteroatoms. The number of carbonyl (C=O) groups excluding carboxylic acids is 1. The van der Waals surface area contributed by atoms with Gasteiger partial charge in [-0.2, -0.15) is 0 Å². The van der Waals surface area contributed by atoms with Crippen LogP contribution in [0.25, 0.3) is 0 Å². The number of nitrogens with zero attached hydrogens (tertiary/aromatic N) is 1. The van der Waals surface area contributed by atoms with E-state index in [0.717, 1.165) is 11.8 Å². The summed E-state index contributed by atoms with van der Waals surface area (Å²) >= 11 is 0. The van der Waals surface area contributed by atoms with E-state index in [0.29, 0.717) is 12.3 Å². The molecule has 0 aliphatic heterocycles. The highest BCUT2D eigenvalue weighted by atomic mass is 19.1. The van der Waals surface area contributed by atoms with Crippen molar-refractivity contribution in [1.29, 1.82) is 0 Å². The third kappa shape index (κ3) is 3.09. The lowest BCUT2D eigenvalue weighted by Gasteiger charge is -2.04. The summed E-state index contributed by atoms with van der Waals surface area (Å²) in [4.78, 5) is 15.7. The number of phenols is 1. The number of aromatic nitrogens is 1. The smallest absolute Gasteiger partial charge is 0.254 e. The van der Waals surface area contributed by atoms with E-state index in [-0.39, 0.29) is 17.9 Å². The molecule has 0 atom stereocenters. The number of phenolic OH excluding ortho intramolecular Hbond substituents is 1. The Morgan fingerprint density at radius 3 is 2.95 bits per heavy atom. The van der Waals surface area contributed by atoms with Gasteiger partial charge >= 0.3 is 0 Å². The van der Waals surface area contributed by atoms with Gasteiger partial charge in [-0.25, -0.2) is 9.37 Å². The zero-order chi connectivity index (χ0) is 13.8. The molecule has 100 valence electrons. The first-order chi connectivity index (χ1) is 9.10. The van der Waals surface area contributed by atoms with Crippen LogP contribution in [-0.4, -0.2) is 16.0 Å². The standard InChI is InChI=1S/C13H13FN2O3/c1-2-9-6-15-12(19-9)7-16-13(18)10-4-3-8(17)5-11(10)14/h3-6,17H,2,7H2,1H3,(H,16,18). The monoisotopic (exact) mass is 264 g/mol. The van der Waals surface area contributed by atoms with E-state index >= 15 is 0 Å². The number of halogens is 1. The second kappa shape index (κ2) is 5.51. The molecule has 1 heterocycles. The predicted octanol–water partition coefficient (Wildman–Crippen LogP) is 2.01. The lowest BCUT2D eigenvalue weighted by molar-refractivity contribution is 0.0943. The molecule has 5 nitrogen and oxygen atoms in total. The largest absolute Gasteiger partial charge is 0.508 e. The van der Waals surface area contributed by atoms with Gasteiger partial charge in [0.1, 0.15) is 17.3 Å². The van der Waals surface area contributed by atoms with Crippen molar-refractivity contribution in [1.82, 2.24) is 10.3 Å². The lowest BCUT2D eigenvalue weighted by atomic mass is 10.2. The number of aryl methyl sites for hydroxylation is 1. The number of hydrogen-bond donors (Lipinski definition) is 2. The number of hydrogen-bond acceptors (Lipinski definition) is 4. The summed E-state index contributed by atoms with van der Waals surface area (Å²) in [6, 6.07) is 3.35. The maximum atomic E-state index is 13.4. The van der Waals surface area contributed by atoms with Gasteiger partial charge in [0.25, 0.3) is 5.91 Å². The van der Waals surface area contributed by atoms with Crippen molar-refractivity contribution in [3.63, 3.8) is 0 Å². The SMILES string of the molecule is CCc1cnc(CNC(=O)c2ccc(O)cc2F)o1.